The van der Waals surface area contributed by atoms with Crippen molar-refractivity contribution in [2.75, 3.05) is 7.11 Å². The molecule has 114 valence electrons. The van der Waals surface area contributed by atoms with Gasteiger partial charge in [0.05, 0.1) is 18.7 Å². The first-order chi connectivity index (χ1) is 10.2. The quantitative estimate of drug-likeness (QED) is 0.851. The number of hydrogen-bond acceptors (Lipinski definition) is 6. The second kappa shape index (κ2) is 5.71. The van der Waals surface area contributed by atoms with Crippen LogP contribution in [0.4, 0.5) is 0 Å². The van der Waals surface area contributed by atoms with Gasteiger partial charge in [0.25, 0.3) is 5.91 Å². The summed E-state index contributed by atoms with van der Waals surface area (Å²) >= 11 is 1.11. The number of nitrogens with zero attached hydrogens (tertiary/aromatic N) is 2. The van der Waals surface area contributed by atoms with Crippen molar-refractivity contribution in [1.82, 2.24) is 14.9 Å². The van der Waals surface area contributed by atoms with Crippen molar-refractivity contribution in [3.63, 3.8) is 0 Å². The number of ether oxygens (including phenoxy) is 1. The molecule has 2 bridgehead atoms. The van der Waals surface area contributed by atoms with Crippen LogP contribution in [-0.4, -0.2) is 34.6 Å². The normalized spacial score (nSPS) is 30.4. The number of amides is 1. The van der Waals surface area contributed by atoms with Crippen LogP contribution in [0.2, 0.25) is 0 Å². The van der Waals surface area contributed by atoms with E-state index in [1.807, 2.05) is 6.92 Å². The minimum absolute atomic E-state index is 0.115. The van der Waals surface area contributed by atoms with E-state index < -0.39 is 0 Å². The number of esters is 1. The van der Waals surface area contributed by atoms with E-state index >= 15 is 0 Å². The van der Waals surface area contributed by atoms with Gasteiger partial charge in [-0.05, 0) is 49.1 Å². The molecular weight excluding hydrogens is 290 g/mol. The van der Waals surface area contributed by atoms with Gasteiger partial charge in [-0.3, -0.25) is 9.59 Å². The molecule has 0 spiro atoms. The second-order valence-corrected chi connectivity index (χ2v) is 6.54. The summed E-state index contributed by atoms with van der Waals surface area (Å²) in [6.45, 7) is 1.95. The molecule has 0 radical (unpaired) electrons. The minimum atomic E-state index is -0.205. The fraction of sp³-hybridized carbons (Fsp3) is 0.714. The van der Waals surface area contributed by atoms with Gasteiger partial charge >= 0.3 is 5.97 Å². The number of aryl methyl sites for hydroxylation is 1. The van der Waals surface area contributed by atoms with Gasteiger partial charge in [0.15, 0.2) is 0 Å². The molecule has 2 saturated carbocycles. The molecule has 6 nitrogen and oxygen atoms in total. The van der Waals surface area contributed by atoms with Crippen LogP contribution in [0.3, 0.4) is 0 Å². The van der Waals surface area contributed by atoms with E-state index in [1.165, 1.54) is 7.11 Å². The van der Waals surface area contributed by atoms with Crippen molar-refractivity contribution in [2.45, 2.75) is 38.6 Å². The Morgan fingerprint density at radius 1 is 1.38 bits per heavy atom. The number of aromatic nitrogens is 2. The average Bonchev–Trinajstić information content (AvgIpc) is 3.20. The van der Waals surface area contributed by atoms with Crippen LogP contribution in [0.1, 0.15) is 41.6 Å². The largest absolute Gasteiger partial charge is 0.469 e. The van der Waals surface area contributed by atoms with Crippen molar-refractivity contribution in [2.24, 2.45) is 17.8 Å². The highest BCUT2D eigenvalue weighted by Gasteiger charge is 2.52. The van der Waals surface area contributed by atoms with Crippen LogP contribution in [0.5, 0.6) is 0 Å². The monoisotopic (exact) mass is 309 g/mol. The highest BCUT2D eigenvalue weighted by Crippen LogP contribution is 2.49. The number of carbonyl (C=O) groups excluding carboxylic acids is 2. The van der Waals surface area contributed by atoms with Gasteiger partial charge in [-0.25, -0.2) is 0 Å². The first-order valence-corrected chi connectivity index (χ1v) is 8.13. The first-order valence-electron chi connectivity index (χ1n) is 7.35. The Morgan fingerprint density at radius 3 is 2.86 bits per heavy atom. The molecule has 0 aromatic carbocycles. The maximum Gasteiger partial charge on any atom is 0.311 e. The zero-order chi connectivity index (χ0) is 15.0. The number of carbonyl (C=O) groups is 2. The maximum atomic E-state index is 12.4. The number of rotatable bonds is 4. The summed E-state index contributed by atoms with van der Waals surface area (Å²) in [5, 5.41) is 7.01. The lowest BCUT2D eigenvalue weighted by Gasteiger charge is -2.29. The van der Waals surface area contributed by atoms with Gasteiger partial charge in [-0.15, -0.1) is 5.10 Å². The van der Waals surface area contributed by atoms with E-state index in [9.17, 15) is 9.59 Å². The first kappa shape index (κ1) is 14.4. The maximum absolute atomic E-state index is 12.4. The Labute approximate surface area is 127 Å². The molecule has 2 fully saturated rings. The van der Waals surface area contributed by atoms with Crippen LogP contribution >= 0.6 is 11.5 Å². The molecule has 2 aliphatic rings. The lowest BCUT2D eigenvalue weighted by Crippen LogP contribution is -2.47. The molecule has 4 atom stereocenters. The molecule has 0 saturated heterocycles. The highest BCUT2D eigenvalue weighted by atomic mass is 32.1. The SMILES string of the molecule is CCc1nnsc1C(=O)NC1C2CCC(C2)C1C(=O)OC. The van der Waals surface area contributed by atoms with Gasteiger partial charge in [0.1, 0.15) is 4.88 Å². The van der Waals surface area contributed by atoms with Crippen LogP contribution in [0.15, 0.2) is 0 Å². The van der Waals surface area contributed by atoms with Crippen molar-refractivity contribution in [3.8, 4) is 0 Å². The third-order valence-corrected chi connectivity index (χ3v) is 5.55. The molecule has 0 aliphatic heterocycles. The van der Waals surface area contributed by atoms with E-state index in [0.29, 0.717) is 23.1 Å². The van der Waals surface area contributed by atoms with Crippen molar-refractivity contribution < 1.29 is 14.3 Å². The number of hydrogen-bond donors (Lipinski definition) is 1. The topological polar surface area (TPSA) is 81.2 Å². The highest BCUT2D eigenvalue weighted by molar-refractivity contribution is 7.08. The predicted molar refractivity (Wildman–Crippen MR) is 76.9 cm³/mol. The van der Waals surface area contributed by atoms with Crippen LogP contribution in [0.25, 0.3) is 0 Å². The standard InChI is InChI=1S/C14H19N3O3S/c1-3-9-12(21-17-16-9)13(18)15-11-8-5-4-7(6-8)10(11)14(19)20-2/h7-8,10-11H,3-6H2,1-2H3,(H,15,18). The zero-order valence-corrected chi connectivity index (χ0v) is 13.0. The van der Waals surface area contributed by atoms with E-state index in [4.69, 9.17) is 4.74 Å². The van der Waals surface area contributed by atoms with Crippen molar-refractivity contribution >= 4 is 23.4 Å². The molecule has 3 rings (SSSR count). The molecule has 1 amide bonds. The summed E-state index contributed by atoms with van der Waals surface area (Å²) in [6.07, 6.45) is 3.81. The second-order valence-electron chi connectivity index (χ2n) is 5.78. The molecule has 1 N–H and O–H groups in total. The fourth-order valence-electron chi connectivity index (χ4n) is 3.80. The summed E-state index contributed by atoms with van der Waals surface area (Å²) in [5.74, 6) is 0.162. The summed E-state index contributed by atoms with van der Waals surface area (Å²) < 4.78 is 8.77. The Hall–Kier alpha value is -1.50. The Morgan fingerprint density at radius 2 is 2.14 bits per heavy atom. The minimum Gasteiger partial charge on any atom is -0.469 e. The fourth-order valence-corrected chi connectivity index (χ4v) is 4.46. The lowest BCUT2D eigenvalue weighted by atomic mass is 9.84. The van der Waals surface area contributed by atoms with Crippen molar-refractivity contribution in [1.29, 1.82) is 0 Å². The summed E-state index contributed by atoms with van der Waals surface area (Å²) in [4.78, 5) is 25.0. The third kappa shape index (κ3) is 2.43. The summed E-state index contributed by atoms with van der Waals surface area (Å²) in [7, 11) is 1.41. The molecule has 2 aliphatic carbocycles. The van der Waals surface area contributed by atoms with Gasteiger partial charge in [0, 0.05) is 6.04 Å². The summed E-state index contributed by atoms with van der Waals surface area (Å²) in [5.41, 5.74) is 0.718. The Bertz CT molecular complexity index is 559. The van der Waals surface area contributed by atoms with E-state index in [-0.39, 0.29) is 23.8 Å². The molecular formula is C14H19N3O3S. The third-order valence-electron chi connectivity index (χ3n) is 4.78. The molecule has 1 aromatic heterocycles. The smallest absolute Gasteiger partial charge is 0.311 e. The van der Waals surface area contributed by atoms with E-state index in [1.54, 1.807) is 0 Å². The zero-order valence-electron chi connectivity index (χ0n) is 12.2. The molecule has 21 heavy (non-hydrogen) atoms. The number of fused-ring (bicyclic) bond motifs is 2. The lowest BCUT2D eigenvalue weighted by molar-refractivity contribution is -0.148. The number of nitrogens with one attached hydrogen (secondary N) is 1. The van der Waals surface area contributed by atoms with E-state index in [2.05, 4.69) is 14.9 Å². The van der Waals surface area contributed by atoms with Gasteiger partial charge in [0.2, 0.25) is 0 Å². The molecule has 7 heteroatoms. The van der Waals surface area contributed by atoms with E-state index in [0.717, 1.165) is 36.5 Å². The van der Waals surface area contributed by atoms with Gasteiger partial charge < -0.3 is 10.1 Å². The van der Waals surface area contributed by atoms with Crippen LogP contribution in [0, 0.1) is 17.8 Å². The van der Waals surface area contributed by atoms with Crippen molar-refractivity contribution in [3.05, 3.63) is 10.6 Å². The molecule has 1 aromatic rings. The molecule has 4 unspecified atom stereocenters. The molecule has 1 heterocycles. The van der Waals surface area contributed by atoms with Crippen LogP contribution < -0.4 is 5.32 Å². The predicted octanol–water partition coefficient (Wildman–Crippen LogP) is 1.42. The summed E-state index contributed by atoms with van der Waals surface area (Å²) in [6, 6.07) is -0.115. The van der Waals surface area contributed by atoms with Gasteiger partial charge in [-0.1, -0.05) is 11.4 Å². The number of methoxy groups -OCH3 is 1. The average molecular weight is 309 g/mol. The van der Waals surface area contributed by atoms with Gasteiger partial charge in [-0.2, -0.15) is 0 Å². The Balaban J connectivity index is 1.77. The Kier molecular flexibility index (Phi) is 3.93. The van der Waals surface area contributed by atoms with Crippen LogP contribution in [-0.2, 0) is 16.0 Å².